The molecular weight excluding hydrogens is 739 g/mol. The lowest BCUT2D eigenvalue weighted by Crippen LogP contribution is -2.74. The molecule has 0 aromatic heterocycles. The number of halogens is 3. The molecule has 298 valence electrons. The average Bonchev–Trinajstić information content (AvgIpc) is 3.08. The molecule has 4 rings (SSSR count). The maximum Gasteiger partial charge on any atom is 0.471 e. The Morgan fingerprint density at radius 3 is 1.92 bits per heavy atom. The summed E-state index contributed by atoms with van der Waals surface area (Å²) in [5.41, 5.74) is -0.198. The molecule has 1 aromatic rings. The summed E-state index contributed by atoms with van der Waals surface area (Å²) in [7, 11) is 2.66. The molecule has 0 aliphatic carbocycles. The minimum absolute atomic E-state index is 0.584. The standard InChI is InChI=1S/C33H44F3NO15S/c1-15-9-11-19(12-10-15)53-29-27(26-24(20(13-38)49-29)51-31(5,43-7)32(6,44-8)52-26)50-28-22(37-30(42)33(34,35)36)25(47-18(4)41)23(46-17(3)40)21(48-28)14-45-16(2)39/h9-12,20-29,38H,13-14H2,1-8H3,(H,37,42)/t20-,21-,22-,23-,24-,25-,26+,27+,28+,29-,31+,32+/m1/s1. The molecular formula is C33H44F3NO15S. The Morgan fingerprint density at radius 1 is 0.849 bits per heavy atom. The first-order valence-corrected chi connectivity index (χ1v) is 17.3. The first kappa shape index (κ1) is 42.7. The van der Waals surface area contributed by atoms with E-state index >= 15 is 0 Å². The second-order valence-electron chi connectivity index (χ2n) is 12.7. The molecule has 20 heteroatoms. The number of esters is 3. The normalized spacial score (nSPS) is 35.8. The number of aliphatic hydroxyl groups excluding tert-OH is 1. The van der Waals surface area contributed by atoms with Gasteiger partial charge in [0.15, 0.2) is 18.5 Å². The molecule has 1 amide bonds. The zero-order valence-corrected chi connectivity index (χ0v) is 31.0. The molecule has 16 nitrogen and oxygen atoms in total. The highest BCUT2D eigenvalue weighted by atomic mass is 32.2. The molecule has 0 bridgehead atoms. The Bertz CT molecular complexity index is 1470. The maximum absolute atomic E-state index is 13.8. The van der Waals surface area contributed by atoms with Crippen LogP contribution in [0.25, 0.3) is 0 Å². The van der Waals surface area contributed by atoms with Gasteiger partial charge in [-0.3, -0.25) is 19.2 Å². The van der Waals surface area contributed by atoms with Gasteiger partial charge in [-0.25, -0.2) is 0 Å². The number of hydrogen-bond donors (Lipinski definition) is 2. The summed E-state index contributed by atoms with van der Waals surface area (Å²) in [4.78, 5) is 49.6. The fraction of sp³-hybridized carbons (Fsp3) is 0.697. The molecule has 1 aromatic carbocycles. The van der Waals surface area contributed by atoms with Gasteiger partial charge in [0.25, 0.3) is 0 Å². The summed E-state index contributed by atoms with van der Waals surface area (Å²) < 4.78 is 100. The number of ether oxygens (including phenoxy) is 10. The Hall–Kier alpha value is -3.08. The van der Waals surface area contributed by atoms with Crippen LogP contribution < -0.4 is 5.32 Å². The van der Waals surface area contributed by atoms with Crippen molar-refractivity contribution in [3.05, 3.63) is 29.8 Å². The lowest BCUT2D eigenvalue weighted by atomic mass is 9.93. The number of hydrogen-bond acceptors (Lipinski definition) is 16. The fourth-order valence-electron chi connectivity index (χ4n) is 6.05. The van der Waals surface area contributed by atoms with Gasteiger partial charge in [-0.05, 0) is 32.9 Å². The molecule has 0 saturated carbocycles. The van der Waals surface area contributed by atoms with E-state index in [1.54, 1.807) is 17.4 Å². The third-order valence-electron chi connectivity index (χ3n) is 8.92. The van der Waals surface area contributed by atoms with Gasteiger partial charge in [-0.1, -0.05) is 29.5 Å². The van der Waals surface area contributed by atoms with Gasteiger partial charge < -0.3 is 57.8 Å². The summed E-state index contributed by atoms with van der Waals surface area (Å²) in [5.74, 6) is -8.55. The number of alkyl halides is 3. The lowest BCUT2D eigenvalue weighted by Gasteiger charge is -2.57. The van der Waals surface area contributed by atoms with Crippen molar-refractivity contribution in [2.45, 2.75) is 125 Å². The van der Waals surface area contributed by atoms with Crippen molar-refractivity contribution < 1.29 is 84.8 Å². The summed E-state index contributed by atoms with van der Waals surface area (Å²) in [6, 6.07) is 5.18. The van der Waals surface area contributed by atoms with E-state index in [0.29, 0.717) is 4.90 Å². The largest absolute Gasteiger partial charge is 0.471 e. The molecule has 3 fully saturated rings. The SMILES string of the molecule is CO[C@@]1(C)O[C@@H]2[C@H](O[C@@H]3O[C@H](COC(C)=O)[C@@H](OC(C)=O)[C@H](OC(C)=O)[C@H]3NC(=O)C(F)(F)F)[C@@H](Sc3ccc(C)cc3)O[C@H](CO)[C@H]2O[C@]1(C)OC. The maximum atomic E-state index is 13.8. The minimum atomic E-state index is -5.45. The second-order valence-corrected chi connectivity index (χ2v) is 13.9. The molecule has 3 heterocycles. The van der Waals surface area contributed by atoms with Crippen molar-refractivity contribution in [1.29, 1.82) is 0 Å². The Kier molecular flexibility index (Phi) is 13.8. The van der Waals surface area contributed by atoms with Gasteiger partial charge in [0.1, 0.15) is 48.6 Å². The highest BCUT2D eigenvalue weighted by Crippen LogP contribution is 2.47. The Balaban J connectivity index is 1.87. The van der Waals surface area contributed by atoms with E-state index in [4.69, 9.17) is 47.4 Å². The molecule has 12 atom stereocenters. The highest BCUT2D eigenvalue weighted by molar-refractivity contribution is 7.99. The zero-order chi connectivity index (χ0) is 39.5. The van der Waals surface area contributed by atoms with Crippen LogP contribution in [0.15, 0.2) is 29.2 Å². The van der Waals surface area contributed by atoms with Crippen LogP contribution in [0.4, 0.5) is 13.2 Å². The molecule has 0 spiro atoms. The van der Waals surface area contributed by atoms with Crippen molar-refractivity contribution in [2.75, 3.05) is 27.4 Å². The highest BCUT2D eigenvalue weighted by Gasteiger charge is 2.64. The van der Waals surface area contributed by atoms with E-state index in [2.05, 4.69) is 0 Å². The number of fused-ring (bicyclic) bond motifs is 1. The second kappa shape index (κ2) is 17.2. The topological polar surface area (TPSA) is 193 Å². The van der Waals surface area contributed by atoms with Gasteiger partial charge in [-0.15, -0.1) is 0 Å². The average molecular weight is 784 g/mol. The van der Waals surface area contributed by atoms with Crippen LogP contribution in [0, 0.1) is 6.92 Å². The van der Waals surface area contributed by atoms with Crippen LogP contribution >= 0.6 is 11.8 Å². The quantitative estimate of drug-likeness (QED) is 0.231. The van der Waals surface area contributed by atoms with Crippen LogP contribution in [0.3, 0.4) is 0 Å². The van der Waals surface area contributed by atoms with Crippen LogP contribution in [0.5, 0.6) is 0 Å². The van der Waals surface area contributed by atoms with Crippen molar-refractivity contribution in [1.82, 2.24) is 5.32 Å². The zero-order valence-electron chi connectivity index (χ0n) is 30.2. The van der Waals surface area contributed by atoms with Crippen LogP contribution in [0.2, 0.25) is 0 Å². The molecule has 0 radical (unpaired) electrons. The van der Waals surface area contributed by atoms with E-state index in [1.807, 2.05) is 19.1 Å². The number of nitrogens with one attached hydrogen (secondary N) is 1. The fourth-order valence-corrected chi connectivity index (χ4v) is 7.17. The van der Waals surface area contributed by atoms with E-state index in [1.165, 1.54) is 28.1 Å². The number of aryl methyl sites for hydroxylation is 1. The van der Waals surface area contributed by atoms with Gasteiger partial charge in [0, 0.05) is 39.9 Å². The summed E-state index contributed by atoms with van der Waals surface area (Å²) in [5, 5.41) is 12.2. The number of rotatable bonds is 12. The van der Waals surface area contributed by atoms with Gasteiger partial charge >= 0.3 is 30.0 Å². The van der Waals surface area contributed by atoms with E-state index in [-0.39, 0.29) is 0 Å². The molecule has 3 aliphatic heterocycles. The number of carbonyl (C=O) groups is 4. The molecule has 0 unspecified atom stereocenters. The van der Waals surface area contributed by atoms with E-state index < -0.39 is 115 Å². The van der Waals surface area contributed by atoms with E-state index in [0.717, 1.165) is 38.1 Å². The lowest BCUT2D eigenvalue weighted by molar-refractivity contribution is -0.474. The number of amides is 1. The first-order valence-electron chi connectivity index (χ1n) is 16.4. The predicted octanol–water partition coefficient (Wildman–Crippen LogP) is 1.90. The number of aliphatic hydroxyl groups is 1. The van der Waals surface area contributed by atoms with Gasteiger partial charge in [0.05, 0.1) is 6.61 Å². The van der Waals surface area contributed by atoms with Crippen LogP contribution in [0.1, 0.15) is 40.2 Å². The third-order valence-corrected chi connectivity index (χ3v) is 10.1. The number of benzene rings is 1. The smallest absolute Gasteiger partial charge is 0.463 e. The summed E-state index contributed by atoms with van der Waals surface area (Å²) in [6.45, 7) is 6.65. The number of methoxy groups -OCH3 is 2. The number of thioether (sulfide) groups is 1. The number of carbonyl (C=O) groups excluding carboxylic acids is 4. The van der Waals surface area contributed by atoms with Crippen molar-refractivity contribution in [3.63, 3.8) is 0 Å². The molecule has 53 heavy (non-hydrogen) atoms. The molecule has 3 saturated heterocycles. The Morgan fingerprint density at radius 2 is 1.42 bits per heavy atom. The van der Waals surface area contributed by atoms with Gasteiger partial charge in [0.2, 0.25) is 11.6 Å². The molecule has 3 aliphatic rings. The molecule has 2 N–H and O–H groups in total. The van der Waals surface area contributed by atoms with Crippen LogP contribution in [-0.4, -0.2) is 135 Å². The summed E-state index contributed by atoms with van der Waals surface area (Å²) in [6.07, 6.45) is -17.5. The first-order chi connectivity index (χ1) is 24.7. The van der Waals surface area contributed by atoms with Crippen LogP contribution in [-0.2, 0) is 66.5 Å². The van der Waals surface area contributed by atoms with E-state index in [9.17, 15) is 37.5 Å². The summed E-state index contributed by atoms with van der Waals surface area (Å²) >= 11 is 1.10. The van der Waals surface area contributed by atoms with Crippen molar-refractivity contribution in [3.8, 4) is 0 Å². The van der Waals surface area contributed by atoms with Crippen molar-refractivity contribution >= 4 is 35.6 Å². The monoisotopic (exact) mass is 783 g/mol. The predicted molar refractivity (Wildman–Crippen MR) is 173 cm³/mol. The van der Waals surface area contributed by atoms with Crippen molar-refractivity contribution in [2.24, 2.45) is 0 Å². The third kappa shape index (κ3) is 9.78. The minimum Gasteiger partial charge on any atom is -0.463 e. The Labute approximate surface area is 307 Å². The van der Waals surface area contributed by atoms with Gasteiger partial charge in [-0.2, -0.15) is 13.2 Å².